The fourth-order valence-electron chi connectivity index (χ4n) is 10.0. The summed E-state index contributed by atoms with van der Waals surface area (Å²) in [6, 6.07) is 22.6. The van der Waals surface area contributed by atoms with Crippen molar-refractivity contribution in [3.05, 3.63) is 88.9 Å². The number of hydrogen-bond acceptors (Lipinski definition) is 14. The number of amides is 3. The summed E-state index contributed by atoms with van der Waals surface area (Å²) in [5, 5.41) is 17.8. The molecule has 65 heavy (non-hydrogen) atoms. The van der Waals surface area contributed by atoms with E-state index in [1.165, 1.54) is 26.9 Å². The van der Waals surface area contributed by atoms with E-state index in [-0.39, 0.29) is 30.4 Å². The second kappa shape index (κ2) is 20.6. The number of nitrogens with one attached hydrogen (secondary N) is 2. The van der Waals surface area contributed by atoms with E-state index in [0.29, 0.717) is 76.4 Å². The van der Waals surface area contributed by atoms with Gasteiger partial charge in [0.05, 0.1) is 63.9 Å². The predicted molar refractivity (Wildman–Crippen MR) is 244 cm³/mol. The van der Waals surface area contributed by atoms with E-state index in [1.54, 1.807) is 12.1 Å². The van der Waals surface area contributed by atoms with E-state index < -0.39 is 11.9 Å². The van der Waals surface area contributed by atoms with Crippen LogP contribution in [0.15, 0.2) is 60.7 Å². The van der Waals surface area contributed by atoms with Gasteiger partial charge in [0.25, 0.3) is 5.91 Å². The summed E-state index contributed by atoms with van der Waals surface area (Å²) in [6.07, 6.45) is 4.68. The van der Waals surface area contributed by atoms with Crippen LogP contribution in [0.1, 0.15) is 65.1 Å². The van der Waals surface area contributed by atoms with Gasteiger partial charge >= 0.3 is 0 Å². The maximum atomic E-state index is 13.0. The van der Waals surface area contributed by atoms with Crippen molar-refractivity contribution in [2.75, 3.05) is 89.2 Å². The molecule has 1 unspecified atom stereocenters. The van der Waals surface area contributed by atoms with Crippen LogP contribution in [0.3, 0.4) is 0 Å². The number of aryl methyl sites for hydroxylation is 1. The van der Waals surface area contributed by atoms with Crippen molar-refractivity contribution in [3.63, 3.8) is 0 Å². The van der Waals surface area contributed by atoms with Gasteiger partial charge in [-0.3, -0.25) is 19.7 Å². The Hall–Kier alpha value is -5.70. The first-order valence-corrected chi connectivity index (χ1v) is 23.2. The van der Waals surface area contributed by atoms with E-state index in [1.807, 2.05) is 6.07 Å². The molecule has 5 aliphatic rings. The number of nitrogens with zero attached hydrogens (tertiary/aromatic N) is 7. The van der Waals surface area contributed by atoms with Gasteiger partial charge in [-0.2, -0.15) is 5.26 Å². The summed E-state index contributed by atoms with van der Waals surface area (Å²) in [5.41, 5.74) is 4.94. The number of carbonyl (C=O) groups is 3. The van der Waals surface area contributed by atoms with Gasteiger partial charge in [-0.15, -0.1) is 0 Å². The van der Waals surface area contributed by atoms with Crippen LogP contribution in [0.25, 0.3) is 10.8 Å². The smallest absolute Gasteiger partial charge is 0.255 e. The molecule has 16 heteroatoms. The van der Waals surface area contributed by atoms with Crippen molar-refractivity contribution < 1.29 is 33.3 Å². The molecule has 342 valence electrons. The van der Waals surface area contributed by atoms with Crippen molar-refractivity contribution in [2.45, 2.75) is 82.3 Å². The molecule has 3 saturated heterocycles. The molecule has 0 radical (unpaired) electrons. The number of imide groups is 1. The molecule has 0 aliphatic carbocycles. The third-order valence-electron chi connectivity index (χ3n) is 13.4. The van der Waals surface area contributed by atoms with Crippen molar-refractivity contribution in [1.29, 1.82) is 5.26 Å². The third-order valence-corrected chi connectivity index (χ3v) is 13.4. The molecule has 5 aliphatic heterocycles. The van der Waals surface area contributed by atoms with Gasteiger partial charge in [0.15, 0.2) is 0 Å². The summed E-state index contributed by atoms with van der Waals surface area (Å²) in [7, 11) is 2.17. The van der Waals surface area contributed by atoms with Crippen molar-refractivity contribution in [1.82, 2.24) is 30.4 Å². The van der Waals surface area contributed by atoms with E-state index >= 15 is 0 Å². The minimum absolute atomic E-state index is 0.121. The SMILES string of the molecule is CN1C[C@H](OCCOCCOCCOc2ccc3c(c2)CN(C2CCC(=O)NC2=O)C3=O)C[C@H]1CCc1nc2c(c(N3CCN[C@@H](CC#N)C3)n1)CCN(c1cccc3ccccc13)C2. The number of likely N-dealkylation sites (N-methyl/N-ethyl adjacent to an activating group) is 1. The van der Waals surface area contributed by atoms with E-state index in [0.717, 1.165) is 87.9 Å². The van der Waals surface area contributed by atoms with Crippen LogP contribution in [-0.4, -0.2) is 141 Å². The molecule has 4 atom stereocenters. The molecule has 4 aromatic rings. The Bertz CT molecular complexity index is 2400. The summed E-state index contributed by atoms with van der Waals surface area (Å²) in [6.45, 7) is 7.84. The number of hydrogen-bond donors (Lipinski definition) is 2. The lowest BCUT2D eigenvalue weighted by atomic mass is 10.0. The highest BCUT2D eigenvalue weighted by molar-refractivity contribution is 6.05. The molecular formula is C49H59N9O7. The maximum Gasteiger partial charge on any atom is 0.255 e. The van der Waals surface area contributed by atoms with Crippen molar-refractivity contribution in [2.24, 2.45) is 0 Å². The molecule has 3 fully saturated rings. The number of fused-ring (bicyclic) bond motifs is 3. The zero-order chi connectivity index (χ0) is 44.7. The molecule has 1 aromatic heterocycles. The molecular weight excluding hydrogens is 827 g/mol. The monoisotopic (exact) mass is 885 g/mol. The summed E-state index contributed by atoms with van der Waals surface area (Å²) in [5.74, 6) is 1.62. The number of benzene rings is 3. The number of ether oxygens (including phenoxy) is 4. The first-order chi connectivity index (χ1) is 31.8. The van der Waals surface area contributed by atoms with Crippen LogP contribution < -0.4 is 25.2 Å². The number of rotatable bonds is 18. The van der Waals surface area contributed by atoms with Crippen LogP contribution in [0.5, 0.6) is 5.75 Å². The quantitative estimate of drug-likeness (QED) is 0.109. The summed E-state index contributed by atoms with van der Waals surface area (Å²) >= 11 is 0. The second-order valence-corrected chi connectivity index (χ2v) is 17.7. The molecule has 0 spiro atoms. The van der Waals surface area contributed by atoms with Crippen LogP contribution in [-0.2, 0) is 49.7 Å². The molecule has 6 heterocycles. The fourth-order valence-corrected chi connectivity index (χ4v) is 10.0. The van der Waals surface area contributed by atoms with Gasteiger partial charge in [0, 0.05) is 86.4 Å². The van der Waals surface area contributed by atoms with Gasteiger partial charge in [-0.05, 0) is 67.9 Å². The third kappa shape index (κ3) is 10.4. The number of anilines is 2. The Kier molecular flexibility index (Phi) is 14.1. The van der Waals surface area contributed by atoms with Gasteiger partial charge in [0.1, 0.15) is 30.0 Å². The molecule has 2 N–H and O–H groups in total. The number of carbonyl (C=O) groups excluding carboxylic acids is 3. The Morgan fingerprint density at radius 3 is 2.57 bits per heavy atom. The van der Waals surface area contributed by atoms with Gasteiger partial charge in [-0.25, -0.2) is 9.97 Å². The Morgan fingerprint density at radius 1 is 0.877 bits per heavy atom. The van der Waals surface area contributed by atoms with Gasteiger partial charge < -0.3 is 43.9 Å². The minimum Gasteiger partial charge on any atom is -0.491 e. The van der Waals surface area contributed by atoms with Crippen LogP contribution in [0.4, 0.5) is 11.5 Å². The highest BCUT2D eigenvalue weighted by Gasteiger charge is 2.39. The van der Waals surface area contributed by atoms with Crippen LogP contribution >= 0.6 is 0 Å². The zero-order valence-electron chi connectivity index (χ0n) is 37.2. The normalized spacial score (nSPS) is 22.3. The molecule has 16 nitrogen and oxygen atoms in total. The average Bonchev–Trinajstić information content (AvgIpc) is 3.85. The molecule has 9 rings (SSSR count). The summed E-state index contributed by atoms with van der Waals surface area (Å²) < 4.78 is 23.7. The van der Waals surface area contributed by atoms with Gasteiger partial charge in [-0.1, -0.05) is 36.4 Å². The molecule has 0 bridgehead atoms. The highest BCUT2D eigenvalue weighted by Crippen LogP contribution is 2.35. The van der Waals surface area contributed by atoms with Gasteiger partial charge in [0.2, 0.25) is 11.8 Å². The second-order valence-electron chi connectivity index (χ2n) is 17.7. The van der Waals surface area contributed by atoms with E-state index in [4.69, 9.17) is 28.9 Å². The largest absolute Gasteiger partial charge is 0.491 e. The highest BCUT2D eigenvalue weighted by atomic mass is 16.6. The lowest BCUT2D eigenvalue weighted by molar-refractivity contribution is -0.136. The van der Waals surface area contributed by atoms with E-state index in [2.05, 4.69) is 80.9 Å². The minimum atomic E-state index is -0.645. The molecule has 0 saturated carbocycles. The standard InChI is InChI=1S/C49H59N9O7/c1-55-31-38(65-26-24-63-22-21-62-23-25-64-37-10-11-40-34(27-37)29-58(49(40)61)44-12-14-46(59)54-48(44)60)28-36(55)9-13-45-52-42-32-56(43-8-4-6-33-5-2-3-7-39(33)43)19-16-41(42)47(53-45)57-20-18-51-35(30-57)15-17-50/h2-8,10-11,27,35-36,38,44,51H,9,12-16,18-26,28-32H2,1H3,(H,54,59,60)/t35-,36+,38+,44?/m0/s1. The number of piperidine rings is 1. The number of aromatic nitrogens is 2. The number of likely N-dealkylation sites (tertiary alicyclic amines) is 1. The number of piperazine rings is 1. The van der Waals surface area contributed by atoms with Crippen LogP contribution in [0.2, 0.25) is 0 Å². The first kappa shape index (κ1) is 44.5. The fraction of sp³-hybridized carbons (Fsp3) is 0.510. The average molecular weight is 886 g/mol. The van der Waals surface area contributed by atoms with Crippen molar-refractivity contribution in [3.8, 4) is 11.8 Å². The number of nitriles is 1. The lowest BCUT2D eigenvalue weighted by Crippen LogP contribution is -2.52. The van der Waals surface area contributed by atoms with Crippen molar-refractivity contribution >= 4 is 40.0 Å². The Labute approximate surface area is 380 Å². The van der Waals surface area contributed by atoms with Crippen LogP contribution in [0, 0.1) is 11.3 Å². The predicted octanol–water partition coefficient (Wildman–Crippen LogP) is 3.78. The van der Waals surface area contributed by atoms with E-state index in [9.17, 15) is 19.6 Å². The summed E-state index contributed by atoms with van der Waals surface area (Å²) in [4.78, 5) is 56.2. The lowest BCUT2D eigenvalue weighted by Gasteiger charge is -2.37. The maximum absolute atomic E-state index is 13.0. The zero-order valence-corrected chi connectivity index (χ0v) is 37.2. The molecule has 3 aromatic carbocycles. The Morgan fingerprint density at radius 2 is 1.71 bits per heavy atom. The molecule has 3 amide bonds. The first-order valence-electron chi connectivity index (χ1n) is 23.2. The Balaban J connectivity index is 0.701. The topological polar surface area (TPSA) is 175 Å².